The minimum absolute atomic E-state index is 0.421. The highest BCUT2D eigenvalue weighted by Gasteiger charge is 2.32. The number of aromatic nitrogens is 1. The Kier molecular flexibility index (Phi) is 2.57. The van der Waals surface area contributed by atoms with Gasteiger partial charge in [-0.05, 0) is 47.8 Å². The van der Waals surface area contributed by atoms with E-state index in [-0.39, 0.29) is 0 Å². The summed E-state index contributed by atoms with van der Waals surface area (Å²) < 4.78 is 0. The molecule has 0 fully saturated rings. The fraction of sp³-hybridized carbons (Fsp3) is 0.643. The topological polar surface area (TPSA) is 12.9 Å². The maximum atomic E-state index is 4.49. The predicted molar refractivity (Wildman–Crippen MR) is 64.0 cm³/mol. The quantitative estimate of drug-likeness (QED) is 0.681. The molecule has 0 radical (unpaired) electrons. The van der Waals surface area contributed by atoms with Crippen molar-refractivity contribution in [3.05, 3.63) is 29.1 Å². The molecule has 0 aliphatic heterocycles. The molecule has 1 aromatic rings. The van der Waals surface area contributed by atoms with Crippen LogP contribution in [0.15, 0.2) is 12.3 Å². The Morgan fingerprint density at radius 2 is 2.07 bits per heavy atom. The lowest BCUT2D eigenvalue weighted by atomic mass is 9.79. The summed E-state index contributed by atoms with van der Waals surface area (Å²) in [6.07, 6.45) is 5.52. The first kappa shape index (κ1) is 10.7. The maximum Gasteiger partial charge on any atom is 0.0435 e. The third kappa shape index (κ3) is 1.92. The summed E-state index contributed by atoms with van der Waals surface area (Å²) >= 11 is 0. The number of pyridine rings is 1. The minimum Gasteiger partial charge on any atom is -0.261 e. The number of nitrogens with zero attached hydrogens (tertiary/aromatic N) is 1. The van der Waals surface area contributed by atoms with E-state index >= 15 is 0 Å². The van der Waals surface area contributed by atoms with Crippen LogP contribution in [0.2, 0.25) is 0 Å². The summed E-state index contributed by atoms with van der Waals surface area (Å²) in [5, 5.41) is 0. The van der Waals surface area contributed by atoms with Gasteiger partial charge < -0.3 is 0 Å². The number of rotatable bonds is 1. The van der Waals surface area contributed by atoms with Crippen molar-refractivity contribution >= 4 is 0 Å². The van der Waals surface area contributed by atoms with Crippen molar-refractivity contribution in [2.24, 2.45) is 11.3 Å². The molecule has 0 amide bonds. The summed E-state index contributed by atoms with van der Waals surface area (Å²) in [5.41, 5.74) is 4.82. The summed E-state index contributed by atoms with van der Waals surface area (Å²) in [5.74, 6) is 0.794. The third-order valence-corrected chi connectivity index (χ3v) is 3.72. The molecule has 1 aliphatic carbocycles. The fourth-order valence-electron chi connectivity index (χ4n) is 2.52. The van der Waals surface area contributed by atoms with E-state index in [1.165, 1.54) is 18.5 Å². The monoisotopic (exact) mass is 203 g/mol. The van der Waals surface area contributed by atoms with E-state index < -0.39 is 0 Å². The molecule has 0 N–H and O–H groups in total. The Morgan fingerprint density at radius 1 is 1.33 bits per heavy atom. The average Bonchev–Trinajstić information content (AvgIpc) is 2.59. The zero-order valence-corrected chi connectivity index (χ0v) is 10.3. The van der Waals surface area contributed by atoms with Crippen LogP contribution in [0.5, 0.6) is 0 Å². The maximum absolute atomic E-state index is 4.49. The van der Waals surface area contributed by atoms with Crippen molar-refractivity contribution in [2.45, 2.75) is 47.0 Å². The van der Waals surface area contributed by atoms with Crippen molar-refractivity contribution < 1.29 is 0 Å². The molecule has 1 heterocycles. The van der Waals surface area contributed by atoms with Gasteiger partial charge in [0.25, 0.3) is 0 Å². The Morgan fingerprint density at radius 3 is 2.67 bits per heavy atom. The van der Waals surface area contributed by atoms with E-state index in [1.54, 1.807) is 11.1 Å². The highest BCUT2D eigenvalue weighted by Crippen LogP contribution is 2.39. The standard InChI is InChI=1S/C14H21N/c1-5-13-12-9-11(14(2,3)4)8-10(12)6-7-15-13/h6-7,11H,5,8-9H2,1-4H3. The van der Waals surface area contributed by atoms with Gasteiger partial charge in [0, 0.05) is 11.9 Å². The van der Waals surface area contributed by atoms with Gasteiger partial charge >= 0.3 is 0 Å². The van der Waals surface area contributed by atoms with Gasteiger partial charge in [0.1, 0.15) is 0 Å². The zero-order valence-electron chi connectivity index (χ0n) is 10.3. The second-order valence-corrected chi connectivity index (χ2v) is 5.72. The van der Waals surface area contributed by atoms with Crippen LogP contribution in [0.1, 0.15) is 44.5 Å². The summed E-state index contributed by atoms with van der Waals surface area (Å²) in [4.78, 5) is 4.49. The third-order valence-electron chi connectivity index (χ3n) is 3.72. The number of hydrogen-bond acceptors (Lipinski definition) is 1. The van der Waals surface area contributed by atoms with Crippen LogP contribution in [0.4, 0.5) is 0 Å². The molecule has 0 bridgehead atoms. The van der Waals surface area contributed by atoms with Crippen LogP contribution in [0.3, 0.4) is 0 Å². The van der Waals surface area contributed by atoms with E-state index in [1.807, 2.05) is 6.20 Å². The normalized spacial score (nSPS) is 20.4. The van der Waals surface area contributed by atoms with Crippen molar-refractivity contribution in [3.63, 3.8) is 0 Å². The predicted octanol–water partition coefficient (Wildman–Crippen LogP) is 3.40. The smallest absolute Gasteiger partial charge is 0.0435 e. The average molecular weight is 203 g/mol. The van der Waals surface area contributed by atoms with Gasteiger partial charge in [0.15, 0.2) is 0 Å². The highest BCUT2D eigenvalue weighted by atomic mass is 14.7. The van der Waals surface area contributed by atoms with Gasteiger partial charge in [-0.3, -0.25) is 4.98 Å². The molecule has 0 saturated heterocycles. The van der Waals surface area contributed by atoms with E-state index in [2.05, 4.69) is 38.7 Å². The van der Waals surface area contributed by atoms with E-state index in [0.717, 1.165) is 12.3 Å². The number of hydrogen-bond donors (Lipinski definition) is 0. The largest absolute Gasteiger partial charge is 0.261 e. The molecule has 1 aromatic heterocycles. The number of aryl methyl sites for hydroxylation is 1. The van der Waals surface area contributed by atoms with E-state index in [0.29, 0.717) is 5.41 Å². The highest BCUT2D eigenvalue weighted by molar-refractivity contribution is 5.35. The molecule has 1 atom stereocenters. The van der Waals surface area contributed by atoms with E-state index in [4.69, 9.17) is 0 Å². The van der Waals surface area contributed by atoms with Gasteiger partial charge in [-0.1, -0.05) is 27.7 Å². The molecule has 1 heteroatoms. The molecule has 0 aromatic carbocycles. The second kappa shape index (κ2) is 3.62. The first-order valence-electron chi connectivity index (χ1n) is 5.98. The lowest BCUT2D eigenvalue weighted by Crippen LogP contribution is -2.20. The van der Waals surface area contributed by atoms with Crippen molar-refractivity contribution in [1.82, 2.24) is 4.98 Å². The summed E-state index contributed by atoms with van der Waals surface area (Å²) in [7, 11) is 0. The van der Waals surface area contributed by atoms with Gasteiger partial charge in [0.05, 0.1) is 0 Å². The lowest BCUT2D eigenvalue weighted by Gasteiger charge is -2.26. The van der Waals surface area contributed by atoms with Crippen LogP contribution >= 0.6 is 0 Å². The van der Waals surface area contributed by atoms with Crippen LogP contribution in [-0.2, 0) is 19.3 Å². The molecular weight excluding hydrogens is 182 g/mol. The van der Waals surface area contributed by atoms with E-state index in [9.17, 15) is 0 Å². The molecular formula is C14H21N. The SMILES string of the molecule is CCc1nccc2c1CC(C(C)(C)C)C2. The Bertz CT molecular complexity index is 360. The second-order valence-electron chi connectivity index (χ2n) is 5.72. The van der Waals surface area contributed by atoms with Crippen molar-refractivity contribution in [3.8, 4) is 0 Å². The van der Waals surface area contributed by atoms with Crippen LogP contribution < -0.4 is 0 Å². The Labute approximate surface area is 92.9 Å². The van der Waals surface area contributed by atoms with Gasteiger partial charge in [-0.2, -0.15) is 0 Å². The minimum atomic E-state index is 0.421. The van der Waals surface area contributed by atoms with Crippen molar-refractivity contribution in [1.29, 1.82) is 0 Å². The van der Waals surface area contributed by atoms with Gasteiger partial charge in [-0.15, -0.1) is 0 Å². The molecule has 2 rings (SSSR count). The Hall–Kier alpha value is -0.850. The zero-order chi connectivity index (χ0) is 11.1. The van der Waals surface area contributed by atoms with Crippen LogP contribution in [0.25, 0.3) is 0 Å². The van der Waals surface area contributed by atoms with Crippen LogP contribution in [0, 0.1) is 11.3 Å². The molecule has 82 valence electrons. The Balaban J connectivity index is 2.31. The fourth-order valence-corrected chi connectivity index (χ4v) is 2.52. The number of fused-ring (bicyclic) bond motifs is 1. The molecule has 1 nitrogen and oxygen atoms in total. The molecule has 15 heavy (non-hydrogen) atoms. The van der Waals surface area contributed by atoms with Gasteiger partial charge in [0.2, 0.25) is 0 Å². The van der Waals surface area contributed by atoms with Gasteiger partial charge in [-0.25, -0.2) is 0 Å². The lowest BCUT2D eigenvalue weighted by molar-refractivity contribution is 0.250. The molecule has 0 saturated carbocycles. The first-order chi connectivity index (χ1) is 7.02. The molecule has 0 spiro atoms. The molecule has 1 unspecified atom stereocenters. The van der Waals surface area contributed by atoms with Crippen molar-refractivity contribution in [2.75, 3.05) is 0 Å². The van der Waals surface area contributed by atoms with Crippen LogP contribution in [-0.4, -0.2) is 4.98 Å². The molecule has 1 aliphatic rings. The first-order valence-corrected chi connectivity index (χ1v) is 5.98. The summed E-state index contributed by atoms with van der Waals surface area (Å²) in [6, 6.07) is 2.21. The summed E-state index contributed by atoms with van der Waals surface area (Å²) in [6.45, 7) is 9.25.